The summed E-state index contributed by atoms with van der Waals surface area (Å²) < 4.78 is 24.8. The normalized spacial score (nSPS) is 13.4. The molecule has 0 bridgehead atoms. The molecule has 1 aliphatic rings. The molecule has 1 aliphatic heterocycles. The number of urea groups is 1. The van der Waals surface area contributed by atoms with Crippen LogP contribution in [0, 0.1) is 5.82 Å². The van der Waals surface area contributed by atoms with Crippen molar-refractivity contribution in [1.29, 1.82) is 0 Å². The summed E-state index contributed by atoms with van der Waals surface area (Å²) in [6.45, 7) is 2.05. The zero-order chi connectivity index (χ0) is 19.2. The standard InChI is InChI=1S/C20H24FN3O3/c1-26-18-8-5-14(11-19(18)27-2)13-22-20(25)23-15-6-7-17(16(21)12-15)24-9-3-4-10-24/h5-8,11-12H,3-4,9-10,13H2,1-2H3,(H2,22,23,25). The quantitative estimate of drug-likeness (QED) is 0.809. The van der Waals surface area contributed by atoms with E-state index in [0.717, 1.165) is 31.5 Å². The van der Waals surface area contributed by atoms with Gasteiger partial charge in [-0.3, -0.25) is 0 Å². The molecule has 1 saturated heterocycles. The first-order chi connectivity index (χ1) is 13.1. The van der Waals surface area contributed by atoms with Gasteiger partial charge in [-0.2, -0.15) is 0 Å². The van der Waals surface area contributed by atoms with Gasteiger partial charge in [0.1, 0.15) is 5.82 Å². The van der Waals surface area contributed by atoms with Crippen molar-refractivity contribution in [3.8, 4) is 11.5 Å². The summed E-state index contributed by atoms with van der Waals surface area (Å²) in [5, 5.41) is 5.40. The largest absolute Gasteiger partial charge is 0.493 e. The monoisotopic (exact) mass is 373 g/mol. The van der Waals surface area contributed by atoms with E-state index in [0.29, 0.717) is 29.4 Å². The second-order valence-electron chi connectivity index (χ2n) is 6.36. The van der Waals surface area contributed by atoms with Crippen LogP contribution >= 0.6 is 0 Å². The number of benzene rings is 2. The lowest BCUT2D eigenvalue weighted by Crippen LogP contribution is -2.28. The van der Waals surface area contributed by atoms with Crippen LogP contribution < -0.4 is 25.0 Å². The van der Waals surface area contributed by atoms with Gasteiger partial charge >= 0.3 is 6.03 Å². The molecule has 144 valence electrons. The van der Waals surface area contributed by atoms with E-state index in [1.54, 1.807) is 38.5 Å². The number of rotatable bonds is 6. The fourth-order valence-electron chi connectivity index (χ4n) is 3.15. The number of halogens is 1. The smallest absolute Gasteiger partial charge is 0.319 e. The molecule has 27 heavy (non-hydrogen) atoms. The number of nitrogens with one attached hydrogen (secondary N) is 2. The Morgan fingerprint density at radius 3 is 2.48 bits per heavy atom. The molecule has 0 unspecified atom stereocenters. The van der Waals surface area contributed by atoms with E-state index in [2.05, 4.69) is 10.6 Å². The highest BCUT2D eigenvalue weighted by molar-refractivity contribution is 5.89. The number of hydrogen-bond acceptors (Lipinski definition) is 4. The fourth-order valence-corrected chi connectivity index (χ4v) is 3.15. The molecule has 0 atom stereocenters. The zero-order valence-corrected chi connectivity index (χ0v) is 15.5. The second-order valence-corrected chi connectivity index (χ2v) is 6.36. The molecule has 7 heteroatoms. The average Bonchev–Trinajstić information content (AvgIpc) is 3.20. The maximum atomic E-state index is 14.3. The van der Waals surface area contributed by atoms with Gasteiger partial charge in [0.25, 0.3) is 0 Å². The van der Waals surface area contributed by atoms with Crippen molar-refractivity contribution in [2.45, 2.75) is 19.4 Å². The summed E-state index contributed by atoms with van der Waals surface area (Å²) in [6, 6.07) is 9.79. The Hall–Kier alpha value is -2.96. The van der Waals surface area contributed by atoms with Crippen LogP contribution in [0.25, 0.3) is 0 Å². The van der Waals surface area contributed by atoms with E-state index >= 15 is 0 Å². The molecule has 0 aromatic heterocycles. The Morgan fingerprint density at radius 1 is 1.07 bits per heavy atom. The third-order valence-electron chi connectivity index (χ3n) is 4.55. The fraction of sp³-hybridized carbons (Fsp3) is 0.350. The van der Waals surface area contributed by atoms with Crippen molar-refractivity contribution in [2.24, 2.45) is 0 Å². The number of anilines is 2. The summed E-state index contributed by atoms with van der Waals surface area (Å²) in [4.78, 5) is 14.1. The van der Waals surface area contributed by atoms with Crippen molar-refractivity contribution in [2.75, 3.05) is 37.5 Å². The predicted molar refractivity (Wildman–Crippen MR) is 103 cm³/mol. The van der Waals surface area contributed by atoms with Crippen molar-refractivity contribution in [1.82, 2.24) is 5.32 Å². The predicted octanol–water partition coefficient (Wildman–Crippen LogP) is 3.76. The van der Waals surface area contributed by atoms with Crippen LogP contribution in [0.15, 0.2) is 36.4 Å². The maximum Gasteiger partial charge on any atom is 0.319 e. The number of amides is 2. The molecule has 0 saturated carbocycles. The SMILES string of the molecule is COc1ccc(CNC(=O)Nc2ccc(N3CCCC3)c(F)c2)cc1OC. The molecule has 2 aromatic rings. The van der Waals surface area contributed by atoms with Gasteiger partial charge in [-0.1, -0.05) is 6.07 Å². The van der Waals surface area contributed by atoms with E-state index in [1.807, 2.05) is 11.0 Å². The van der Waals surface area contributed by atoms with Gasteiger partial charge in [-0.05, 0) is 48.7 Å². The number of nitrogens with zero attached hydrogens (tertiary/aromatic N) is 1. The van der Waals surface area contributed by atoms with E-state index in [9.17, 15) is 9.18 Å². The summed E-state index contributed by atoms with van der Waals surface area (Å²) in [5.74, 6) is 0.894. The third-order valence-corrected chi connectivity index (χ3v) is 4.55. The van der Waals surface area contributed by atoms with Crippen molar-refractivity contribution >= 4 is 17.4 Å². The Bertz CT molecular complexity index is 807. The average molecular weight is 373 g/mol. The van der Waals surface area contributed by atoms with Crippen LogP contribution in [0.4, 0.5) is 20.6 Å². The Labute approximate surface area is 158 Å². The van der Waals surface area contributed by atoms with Crippen molar-refractivity contribution in [3.63, 3.8) is 0 Å². The summed E-state index contributed by atoms with van der Waals surface area (Å²) in [7, 11) is 3.12. The van der Waals surface area contributed by atoms with E-state index in [-0.39, 0.29) is 5.82 Å². The highest BCUT2D eigenvalue weighted by atomic mass is 19.1. The lowest BCUT2D eigenvalue weighted by molar-refractivity contribution is 0.251. The van der Waals surface area contributed by atoms with Crippen LogP contribution in [-0.4, -0.2) is 33.3 Å². The molecule has 1 fully saturated rings. The van der Waals surface area contributed by atoms with Gasteiger partial charge in [-0.15, -0.1) is 0 Å². The molecular weight excluding hydrogens is 349 g/mol. The van der Waals surface area contributed by atoms with Crippen LogP contribution in [0.5, 0.6) is 11.5 Å². The number of hydrogen-bond donors (Lipinski definition) is 2. The highest BCUT2D eigenvalue weighted by Gasteiger charge is 2.16. The molecule has 0 spiro atoms. The lowest BCUT2D eigenvalue weighted by atomic mass is 10.2. The lowest BCUT2D eigenvalue weighted by Gasteiger charge is -2.19. The first kappa shape index (κ1) is 18.8. The van der Waals surface area contributed by atoms with Crippen molar-refractivity contribution in [3.05, 3.63) is 47.8 Å². The molecule has 2 N–H and O–H groups in total. The molecule has 2 amide bonds. The second kappa shape index (κ2) is 8.62. The highest BCUT2D eigenvalue weighted by Crippen LogP contribution is 2.28. The minimum absolute atomic E-state index is 0.306. The summed E-state index contributed by atoms with van der Waals surface area (Å²) >= 11 is 0. The van der Waals surface area contributed by atoms with Gasteiger partial charge < -0.3 is 25.0 Å². The van der Waals surface area contributed by atoms with Gasteiger partial charge in [0, 0.05) is 25.3 Å². The van der Waals surface area contributed by atoms with Crippen molar-refractivity contribution < 1.29 is 18.7 Å². The number of ether oxygens (including phenoxy) is 2. The van der Waals surface area contributed by atoms with Gasteiger partial charge in [0.2, 0.25) is 0 Å². The maximum absolute atomic E-state index is 14.3. The first-order valence-electron chi connectivity index (χ1n) is 8.91. The first-order valence-corrected chi connectivity index (χ1v) is 8.91. The van der Waals surface area contributed by atoms with Crippen LogP contribution in [-0.2, 0) is 6.54 Å². The van der Waals surface area contributed by atoms with E-state index in [4.69, 9.17) is 9.47 Å². The van der Waals surface area contributed by atoms with Crippen LogP contribution in [0.1, 0.15) is 18.4 Å². The van der Waals surface area contributed by atoms with Gasteiger partial charge in [0.15, 0.2) is 11.5 Å². The Morgan fingerprint density at radius 2 is 1.81 bits per heavy atom. The molecule has 2 aromatic carbocycles. The number of carbonyl (C=O) groups excluding carboxylic acids is 1. The Kier molecular flexibility index (Phi) is 6.01. The zero-order valence-electron chi connectivity index (χ0n) is 15.5. The molecule has 6 nitrogen and oxygen atoms in total. The molecule has 3 rings (SSSR count). The van der Waals surface area contributed by atoms with Crippen LogP contribution in [0.3, 0.4) is 0 Å². The number of carbonyl (C=O) groups is 1. The topological polar surface area (TPSA) is 62.8 Å². The molecule has 0 radical (unpaired) electrons. The third kappa shape index (κ3) is 4.61. The van der Waals surface area contributed by atoms with Gasteiger partial charge in [-0.25, -0.2) is 9.18 Å². The minimum atomic E-state index is -0.405. The molecule has 0 aliphatic carbocycles. The Balaban J connectivity index is 1.57. The molecule has 1 heterocycles. The van der Waals surface area contributed by atoms with E-state index in [1.165, 1.54) is 6.07 Å². The summed E-state index contributed by atoms with van der Waals surface area (Å²) in [5.41, 5.74) is 1.86. The van der Waals surface area contributed by atoms with Crippen LogP contribution in [0.2, 0.25) is 0 Å². The van der Waals surface area contributed by atoms with Gasteiger partial charge in [0.05, 0.1) is 19.9 Å². The summed E-state index contributed by atoms with van der Waals surface area (Å²) in [6.07, 6.45) is 2.16. The molecular formula is C20H24FN3O3. The van der Waals surface area contributed by atoms with E-state index < -0.39 is 6.03 Å². The minimum Gasteiger partial charge on any atom is -0.493 e. The number of methoxy groups -OCH3 is 2.